The van der Waals surface area contributed by atoms with Gasteiger partial charge in [0.15, 0.2) is 0 Å². The van der Waals surface area contributed by atoms with Gasteiger partial charge < -0.3 is 9.47 Å². The van der Waals surface area contributed by atoms with E-state index in [1.807, 2.05) is 0 Å². The van der Waals surface area contributed by atoms with Gasteiger partial charge >= 0.3 is 0 Å². The van der Waals surface area contributed by atoms with Gasteiger partial charge in [0, 0.05) is 24.5 Å². The molecule has 1 unspecified atom stereocenters. The lowest BCUT2D eigenvalue weighted by Crippen LogP contribution is -2.09. The van der Waals surface area contributed by atoms with Crippen molar-refractivity contribution in [2.75, 3.05) is 31.8 Å². The zero-order valence-corrected chi connectivity index (χ0v) is 8.31. The van der Waals surface area contributed by atoms with Gasteiger partial charge in [-0.2, -0.15) is 0 Å². The van der Waals surface area contributed by atoms with Crippen LogP contribution in [0.5, 0.6) is 0 Å². The standard InChI is InChI=1S/C8H15BrO2/c9-3-1-4-10-6-8-2-5-11-7-8/h8H,1-7H2. The zero-order chi connectivity index (χ0) is 7.94. The summed E-state index contributed by atoms with van der Waals surface area (Å²) in [6, 6.07) is 0. The SMILES string of the molecule is BrCCCOCC1CCOC1. The largest absolute Gasteiger partial charge is 0.381 e. The maximum absolute atomic E-state index is 5.45. The summed E-state index contributed by atoms with van der Waals surface area (Å²) in [5.41, 5.74) is 0. The van der Waals surface area contributed by atoms with E-state index in [0.29, 0.717) is 5.92 Å². The van der Waals surface area contributed by atoms with E-state index in [4.69, 9.17) is 9.47 Å². The zero-order valence-electron chi connectivity index (χ0n) is 6.72. The molecule has 1 fully saturated rings. The van der Waals surface area contributed by atoms with Crippen molar-refractivity contribution in [1.82, 2.24) is 0 Å². The number of hydrogen-bond acceptors (Lipinski definition) is 2. The normalized spacial score (nSPS) is 24.3. The molecule has 0 aromatic carbocycles. The summed E-state index contributed by atoms with van der Waals surface area (Å²) in [6.45, 7) is 3.58. The molecule has 0 radical (unpaired) electrons. The molecule has 1 aliphatic heterocycles. The summed E-state index contributed by atoms with van der Waals surface area (Å²) in [7, 11) is 0. The van der Waals surface area contributed by atoms with Crippen LogP contribution in [0.25, 0.3) is 0 Å². The third kappa shape index (κ3) is 4.09. The van der Waals surface area contributed by atoms with Crippen molar-refractivity contribution in [2.45, 2.75) is 12.8 Å². The molecule has 1 rings (SSSR count). The molecule has 1 saturated heterocycles. The second kappa shape index (κ2) is 5.98. The second-order valence-electron chi connectivity index (χ2n) is 2.85. The maximum Gasteiger partial charge on any atom is 0.0517 e. The molecule has 3 heteroatoms. The number of hydrogen-bond donors (Lipinski definition) is 0. The van der Waals surface area contributed by atoms with Crippen LogP contribution in [-0.4, -0.2) is 31.8 Å². The van der Waals surface area contributed by atoms with Crippen LogP contribution in [0.4, 0.5) is 0 Å². The van der Waals surface area contributed by atoms with Gasteiger partial charge in [0.05, 0.1) is 13.2 Å². The van der Waals surface area contributed by atoms with Gasteiger partial charge in [0.25, 0.3) is 0 Å². The summed E-state index contributed by atoms with van der Waals surface area (Å²) < 4.78 is 10.7. The van der Waals surface area contributed by atoms with Gasteiger partial charge in [0.1, 0.15) is 0 Å². The molecule has 66 valence electrons. The van der Waals surface area contributed by atoms with E-state index in [1.54, 1.807) is 0 Å². The third-order valence-corrected chi connectivity index (χ3v) is 2.36. The van der Waals surface area contributed by atoms with Gasteiger partial charge in [-0.15, -0.1) is 0 Å². The number of halogens is 1. The van der Waals surface area contributed by atoms with Crippen molar-refractivity contribution >= 4 is 15.9 Å². The van der Waals surface area contributed by atoms with Crippen LogP contribution in [0, 0.1) is 5.92 Å². The average molecular weight is 223 g/mol. The third-order valence-electron chi connectivity index (χ3n) is 1.80. The Morgan fingerprint density at radius 2 is 2.45 bits per heavy atom. The highest BCUT2D eigenvalue weighted by Crippen LogP contribution is 2.12. The Hall–Kier alpha value is 0.400. The number of ether oxygens (including phenoxy) is 2. The van der Waals surface area contributed by atoms with Crippen molar-refractivity contribution < 1.29 is 9.47 Å². The Bertz CT molecular complexity index is 92.1. The Kier molecular flexibility index (Phi) is 5.15. The molecule has 1 heterocycles. The Balaban J connectivity index is 1.86. The lowest BCUT2D eigenvalue weighted by Gasteiger charge is -2.07. The lowest BCUT2D eigenvalue weighted by molar-refractivity contribution is 0.0908. The van der Waals surface area contributed by atoms with Gasteiger partial charge in [0.2, 0.25) is 0 Å². The number of alkyl halides is 1. The summed E-state index contributed by atoms with van der Waals surface area (Å²) >= 11 is 3.36. The van der Waals surface area contributed by atoms with E-state index in [2.05, 4.69) is 15.9 Å². The smallest absolute Gasteiger partial charge is 0.0517 e. The molecule has 2 nitrogen and oxygen atoms in total. The quantitative estimate of drug-likeness (QED) is 0.522. The number of rotatable bonds is 5. The molecule has 1 atom stereocenters. The van der Waals surface area contributed by atoms with Gasteiger partial charge in [-0.05, 0) is 12.8 Å². The molecule has 0 aliphatic carbocycles. The van der Waals surface area contributed by atoms with E-state index < -0.39 is 0 Å². The molecule has 11 heavy (non-hydrogen) atoms. The maximum atomic E-state index is 5.45. The molecular formula is C8H15BrO2. The minimum atomic E-state index is 0.658. The average Bonchev–Trinajstić information content (AvgIpc) is 2.50. The van der Waals surface area contributed by atoms with Gasteiger partial charge in [-0.25, -0.2) is 0 Å². The molecule has 0 amide bonds. The molecule has 0 saturated carbocycles. The van der Waals surface area contributed by atoms with Gasteiger partial charge in [-0.1, -0.05) is 15.9 Å². The van der Waals surface area contributed by atoms with E-state index in [9.17, 15) is 0 Å². The predicted molar refractivity (Wildman–Crippen MR) is 48.2 cm³/mol. The van der Waals surface area contributed by atoms with E-state index in [-0.39, 0.29) is 0 Å². The first kappa shape index (κ1) is 9.49. The van der Waals surface area contributed by atoms with Crippen LogP contribution in [-0.2, 0) is 9.47 Å². The van der Waals surface area contributed by atoms with Gasteiger partial charge in [-0.3, -0.25) is 0 Å². The first-order chi connectivity index (χ1) is 5.43. The van der Waals surface area contributed by atoms with Crippen molar-refractivity contribution in [3.63, 3.8) is 0 Å². The summed E-state index contributed by atoms with van der Waals surface area (Å²) in [4.78, 5) is 0. The first-order valence-electron chi connectivity index (χ1n) is 4.15. The Morgan fingerprint density at radius 1 is 1.55 bits per heavy atom. The molecule has 0 bridgehead atoms. The summed E-state index contributed by atoms with van der Waals surface area (Å²) in [5.74, 6) is 0.658. The molecular weight excluding hydrogens is 208 g/mol. The lowest BCUT2D eigenvalue weighted by atomic mass is 10.1. The molecule has 0 N–H and O–H groups in total. The first-order valence-corrected chi connectivity index (χ1v) is 5.27. The van der Waals surface area contributed by atoms with Crippen LogP contribution < -0.4 is 0 Å². The summed E-state index contributed by atoms with van der Waals surface area (Å²) in [5, 5.41) is 1.04. The van der Waals surface area contributed by atoms with Crippen LogP contribution >= 0.6 is 15.9 Å². The minimum absolute atomic E-state index is 0.658. The van der Waals surface area contributed by atoms with Crippen molar-refractivity contribution in [3.8, 4) is 0 Å². The highest BCUT2D eigenvalue weighted by atomic mass is 79.9. The van der Waals surface area contributed by atoms with Crippen LogP contribution in [0.1, 0.15) is 12.8 Å². The molecule has 1 aliphatic rings. The molecule has 0 spiro atoms. The van der Waals surface area contributed by atoms with Crippen LogP contribution in [0.2, 0.25) is 0 Å². The fourth-order valence-electron chi connectivity index (χ4n) is 1.12. The second-order valence-corrected chi connectivity index (χ2v) is 3.64. The van der Waals surface area contributed by atoms with Crippen LogP contribution in [0.15, 0.2) is 0 Å². The highest BCUT2D eigenvalue weighted by Gasteiger charge is 2.14. The highest BCUT2D eigenvalue weighted by molar-refractivity contribution is 9.09. The Morgan fingerprint density at radius 3 is 3.09 bits per heavy atom. The monoisotopic (exact) mass is 222 g/mol. The fraction of sp³-hybridized carbons (Fsp3) is 1.00. The summed E-state index contributed by atoms with van der Waals surface area (Å²) in [6.07, 6.45) is 2.28. The van der Waals surface area contributed by atoms with Crippen molar-refractivity contribution in [1.29, 1.82) is 0 Å². The van der Waals surface area contributed by atoms with Crippen LogP contribution in [0.3, 0.4) is 0 Å². The van der Waals surface area contributed by atoms with Crippen molar-refractivity contribution in [3.05, 3.63) is 0 Å². The minimum Gasteiger partial charge on any atom is -0.381 e. The van der Waals surface area contributed by atoms with Crippen molar-refractivity contribution in [2.24, 2.45) is 5.92 Å². The fourth-order valence-corrected chi connectivity index (χ4v) is 1.35. The predicted octanol–water partition coefficient (Wildman–Crippen LogP) is 1.82. The molecule has 0 aromatic rings. The Labute approximate surface area is 76.4 Å². The molecule has 0 aromatic heterocycles. The van der Waals surface area contributed by atoms with E-state index >= 15 is 0 Å². The van der Waals surface area contributed by atoms with E-state index in [0.717, 1.165) is 38.2 Å². The topological polar surface area (TPSA) is 18.5 Å². The van der Waals surface area contributed by atoms with E-state index in [1.165, 1.54) is 6.42 Å².